The lowest BCUT2D eigenvalue weighted by molar-refractivity contribution is 0.150. The van der Waals surface area contributed by atoms with Gasteiger partial charge in [-0.25, -0.2) is 9.97 Å². The minimum absolute atomic E-state index is 0.295. The van der Waals surface area contributed by atoms with Crippen LogP contribution in [0.25, 0.3) is 0 Å². The molecule has 0 radical (unpaired) electrons. The summed E-state index contributed by atoms with van der Waals surface area (Å²) in [4.78, 5) is 10.4. The number of rotatable bonds is 3. The van der Waals surface area contributed by atoms with E-state index in [2.05, 4.69) is 34.2 Å². The number of hydrogen-bond acceptors (Lipinski definition) is 4. The normalized spacial score (nSPS) is 20.2. The van der Waals surface area contributed by atoms with Gasteiger partial charge in [0.2, 0.25) is 5.28 Å². The van der Waals surface area contributed by atoms with Crippen LogP contribution in [0, 0.1) is 5.41 Å². The molecule has 0 amide bonds. The highest BCUT2D eigenvalue weighted by Crippen LogP contribution is 2.30. The van der Waals surface area contributed by atoms with E-state index in [9.17, 15) is 0 Å². The summed E-state index contributed by atoms with van der Waals surface area (Å²) >= 11 is 5.75. The molecule has 0 spiro atoms. The lowest BCUT2D eigenvalue weighted by Gasteiger charge is -2.38. The van der Waals surface area contributed by atoms with Gasteiger partial charge < -0.3 is 10.2 Å². The van der Waals surface area contributed by atoms with Gasteiger partial charge in [0.15, 0.2) is 0 Å². The van der Waals surface area contributed by atoms with Gasteiger partial charge in [-0.05, 0) is 56.1 Å². The van der Waals surface area contributed by atoms with Crippen molar-refractivity contribution < 1.29 is 0 Å². The summed E-state index contributed by atoms with van der Waals surface area (Å²) < 4.78 is 0. The highest BCUT2D eigenvalue weighted by atomic mass is 35.5. The fourth-order valence-corrected chi connectivity index (χ4v) is 2.22. The Kier molecular flexibility index (Phi) is 3.84. The third-order valence-corrected chi connectivity index (χ3v) is 3.70. The van der Waals surface area contributed by atoms with Crippen LogP contribution < -0.4 is 5.32 Å². The maximum atomic E-state index is 5.75. The standard InChI is InChI=1S/C12H19ClN4/c1-12(4-7-17(2)8-5-12)9-15-10-3-6-14-11(13)16-10/h3,6H,4-5,7-9H2,1-2H3,(H,14,15,16). The topological polar surface area (TPSA) is 41.0 Å². The van der Waals surface area contributed by atoms with Crippen molar-refractivity contribution >= 4 is 17.4 Å². The number of nitrogens with zero attached hydrogens (tertiary/aromatic N) is 3. The van der Waals surface area contributed by atoms with Gasteiger partial charge >= 0.3 is 0 Å². The second-order valence-corrected chi connectivity index (χ2v) is 5.52. The monoisotopic (exact) mass is 254 g/mol. The van der Waals surface area contributed by atoms with E-state index in [0.29, 0.717) is 10.7 Å². The predicted octanol–water partition coefficient (Wildman–Crippen LogP) is 2.27. The zero-order valence-corrected chi connectivity index (χ0v) is 11.2. The van der Waals surface area contributed by atoms with Gasteiger partial charge in [-0.1, -0.05) is 6.92 Å². The average molecular weight is 255 g/mol. The minimum Gasteiger partial charge on any atom is -0.369 e. The van der Waals surface area contributed by atoms with Gasteiger partial charge in [0.05, 0.1) is 0 Å². The Hall–Kier alpha value is -0.870. The van der Waals surface area contributed by atoms with E-state index in [0.717, 1.165) is 12.4 Å². The Bertz CT molecular complexity index is 375. The summed E-state index contributed by atoms with van der Waals surface area (Å²) in [5.41, 5.74) is 0.351. The van der Waals surface area contributed by atoms with Crippen molar-refractivity contribution in [2.24, 2.45) is 5.41 Å². The lowest BCUT2D eigenvalue weighted by Crippen LogP contribution is -2.40. The summed E-state index contributed by atoms with van der Waals surface area (Å²) in [5, 5.41) is 3.65. The van der Waals surface area contributed by atoms with Crippen LogP contribution >= 0.6 is 11.6 Å². The summed E-state index contributed by atoms with van der Waals surface area (Å²) in [6, 6.07) is 1.85. The van der Waals surface area contributed by atoms with Crippen molar-refractivity contribution in [3.05, 3.63) is 17.5 Å². The molecule has 1 aliphatic heterocycles. The minimum atomic E-state index is 0.295. The molecule has 1 fully saturated rings. The van der Waals surface area contributed by atoms with Crippen LogP contribution in [0.2, 0.25) is 5.28 Å². The maximum Gasteiger partial charge on any atom is 0.224 e. The van der Waals surface area contributed by atoms with Crippen molar-refractivity contribution in [3.63, 3.8) is 0 Å². The number of halogens is 1. The van der Waals surface area contributed by atoms with Crippen molar-refractivity contribution in [1.29, 1.82) is 0 Å². The van der Waals surface area contributed by atoms with Crippen molar-refractivity contribution in [2.45, 2.75) is 19.8 Å². The molecule has 1 saturated heterocycles. The molecule has 0 atom stereocenters. The third-order valence-electron chi connectivity index (χ3n) is 3.52. The zero-order chi connectivity index (χ0) is 12.3. The Morgan fingerprint density at radius 2 is 2.18 bits per heavy atom. The molecular formula is C12H19ClN4. The highest BCUT2D eigenvalue weighted by Gasteiger charge is 2.28. The van der Waals surface area contributed by atoms with Crippen LogP contribution in [0.5, 0.6) is 0 Å². The SMILES string of the molecule is CN1CCC(C)(CNc2ccnc(Cl)n2)CC1. The molecule has 94 valence electrons. The van der Waals surface area contributed by atoms with Crippen molar-refractivity contribution in [3.8, 4) is 0 Å². The first-order chi connectivity index (χ1) is 8.07. The number of piperidine rings is 1. The van der Waals surface area contributed by atoms with Gasteiger partial charge in [0.1, 0.15) is 5.82 Å². The molecule has 1 aromatic rings. The molecule has 1 aliphatic rings. The molecule has 0 unspecified atom stereocenters. The quantitative estimate of drug-likeness (QED) is 0.841. The zero-order valence-electron chi connectivity index (χ0n) is 10.4. The first-order valence-corrected chi connectivity index (χ1v) is 6.36. The van der Waals surface area contributed by atoms with Gasteiger partial charge in [0, 0.05) is 12.7 Å². The molecule has 0 aliphatic carbocycles. The Morgan fingerprint density at radius 1 is 1.47 bits per heavy atom. The van der Waals surface area contributed by atoms with Gasteiger partial charge in [-0.15, -0.1) is 0 Å². The predicted molar refractivity (Wildman–Crippen MR) is 70.4 cm³/mol. The van der Waals surface area contributed by atoms with Crippen molar-refractivity contribution in [2.75, 3.05) is 32.0 Å². The molecule has 0 saturated carbocycles. The number of nitrogens with one attached hydrogen (secondary N) is 1. The molecule has 2 heterocycles. The molecule has 17 heavy (non-hydrogen) atoms. The molecule has 5 heteroatoms. The number of anilines is 1. The van der Waals surface area contributed by atoms with E-state index >= 15 is 0 Å². The first-order valence-electron chi connectivity index (χ1n) is 5.98. The fraction of sp³-hybridized carbons (Fsp3) is 0.667. The summed E-state index contributed by atoms with van der Waals surface area (Å²) in [5.74, 6) is 0.810. The van der Waals surface area contributed by atoms with Crippen molar-refractivity contribution in [1.82, 2.24) is 14.9 Å². The van der Waals surface area contributed by atoms with Gasteiger partial charge in [-0.2, -0.15) is 0 Å². The van der Waals surface area contributed by atoms with Crippen LogP contribution in [0.4, 0.5) is 5.82 Å². The Labute approximate surface area is 107 Å². The Balaban J connectivity index is 1.89. The second kappa shape index (κ2) is 5.19. The van der Waals surface area contributed by atoms with Gasteiger partial charge in [0.25, 0.3) is 0 Å². The lowest BCUT2D eigenvalue weighted by atomic mass is 9.80. The molecule has 4 nitrogen and oxygen atoms in total. The number of likely N-dealkylation sites (tertiary alicyclic amines) is 1. The summed E-state index contributed by atoms with van der Waals surface area (Å²) in [7, 11) is 2.18. The molecular weight excluding hydrogens is 236 g/mol. The fourth-order valence-electron chi connectivity index (χ4n) is 2.07. The van der Waals surface area contributed by atoms with Gasteiger partial charge in [-0.3, -0.25) is 0 Å². The first kappa shape index (κ1) is 12.6. The molecule has 0 bridgehead atoms. The van der Waals surface area contributed by atoms with E-state index in [-0.39, 0.29) is 0 Å². The van der Waals surface area contributed by atoms with Crippen LogP contribution in [0.3, 0.4) is 0 Å². The van der Waals surface area contributed by atoms with Crippen LogP contribution in [-0.2, 0) is 0 Å². The second-order valence-electron chi connectivity index (χ2n) is 5.18. The third kappa shape index (κ3) is 3.54. The maximum absolute atomic E-state index is 5.75. The summed E-state index contributed by atoms with van der Waals surface area (Å²) in [6.07, 6.45) is 4.11. The molecule has 1 aromatic heterocycles. The van der Waals surface area contributed by atoms with E-state index in [1.54, 1.807) is 6.20 Å². The van der Waals surface area contributed by atoms with E-state index < -0.39 is 0 Å². The smallest absolute Gasteiger partial charge is 0.224 e. The summed E-state index contributed by atoms with van der Waals surface area (Å²) in [6.45, 7) is 5.61. The average Bonchev–Trinajstić information content (AvgIpc) is 2.31. The Morgan fingerprint density at radius 3 is 2.82 bits per heavy atom. The number of hydrogen-bond donors (Lipinski definition) is 1. The van der Waals surface area contributed by atoms with Crippen LogP contribution in [-0.4, -0.2) is 41.5 Å². The number of aromatic nitrogens is 2. The molecule has 0 aromatic carbocycles. The molecule has 1 N–H and O–H groups in total. The highest BCUT2D eigenvalue weighted by molar-refractivity contribution is 6.28. The van der Waals surface area contributed by atoms with E-state index in [4.69, 9.17) is 11.6 Å². The van der Waals surface area contributed by atoms with E-state index in [1.165, 1.54) is 25.9 Å². The van der Waals surface area contributed by atoms with E-state index in [1.807, 2.05) is 6.07 Å². The van der Waals surface area contributed by atoms with Crippen LogP contribution in [0.15, 0.2) is 12.3 Å². The molecule has 2 rings (SSSR count). The largest absolute Gasteiger partial charge is 0.369 e. The van der Waals surface area contributed by atoms with Crippen LogP contribution in [0.1, 0.15) is 19.8 Å².